The highest BCUT2D eigenvalue weighted by Gasteiger charge is 2.11. The van der Waals surface area contributed by atoms with Crippen molar-refractivity contribution >= 4 is 16.7 Å². The van der Waals surface area contributed by atoms with Crippen LogP contribution in [0, 0.1) is 0 Å². The Balaban J connectivity index is 2.50. The average Bonchev–Trinajstić information content (AvgIpc) is 2.38. The molecule has 92 valence electrons. The van der Waals surface area contributed by atoms with Crippen molar-refractivity contribution in [1.82, 2.24) is 0 Å². The Morgan fingerprint density at radius 2 is 1.94 bits per heavy atom. The fourth-order valence-electron chi connectivity index (χ4n) is 1.82. The van der Waals surface area contributed by atoms with Crippen LogP contribution in [0.15, 0.2) is 48.6 Å². The fraction of sp³-hybridized carbons (Fsp3) is 0.133. The quantitative estimate of drug-likeness (QED) is 0.835. The number of carboxylic acid groups (broad SMARTS) is 1. The summed E-state index contributed by atoms with van der Waals surface area (Å²) < 4.78 is 5.61. The van der Waals surface area contributed by atoms with E-state index in [0.29, 0.717) is 23.3 Å². The first kappa shape index (κ1) is 12.2. The van der Waals surface area contributed by atoms with Gasteiger partial charge >= 0.3 is 5.97 Å². The number of aromatic carboxylic acids is 1. The molecule has 0 heterocycles. The van der Waals surface area contributed by atoms with E-state index in [4.69, 9.17) is 9.84 Å². The highest BCUT2D eigenvalue weighted by Crippen LogP contribution is 2.28. The number of fused-ring (bicyclic) bond motifs is 1. The molecule has 0 spiro atoms. The Morgan fingerprint density at radius 1 is 1.22 bits per heavy atom. The minimum atomic E-state index is -0.925. The van der Waals surface area contributed by atoms with Crippen molar-refractivity contribution in [1.29, 1.82) is 0 Å². The van der Waals surface area contributed by atoms with Crippen LogP contribution in [0.25, 0.3) is 10.8 Å². The number of hydrogen-bond acceptors (Lipinski definition) is 2. The van der Waals surface area contributed by atoms with Gasteiger partial charge in [0.2, 0.25) is 0 Å². The van der Waals surface area contributed by atoms with E-state index in [1.807, 2.05) is 37.3 Å². The summed E-state index contributed by atoms with van der Waals surface area (Å²) in [5, 5.41) is 10.7. The molecule has 0 amide bonds. The molecule has 0 aromatic heterocycles. The molecule has 2 aromatic carbocycles. The molecule has 0 fully saturated rings. The molecule has 2 aromatic rings. The van der Waals surface area contributed by atoms with E-state index in [9.17, 15) is 4.79 Å². The molecule has 0 aliphatic heterocycles. The summed E-state index contributed by atoms with van der Waals surface area (Å²) in [7, 11) is 0. The van der Waals surface area contributed by atoms with Gasteiger partial charge in [-0.05, 0) is 24.4 Å². The largest absolute Gasteiger partial charge is 0.489 e. The first-order valence-corrected chi connectivity index (χ1v) is 5.73. The van der Waals surface area contributed by atoms with Gasteiger partial charge in [-0.2, -0.15) is 0 Å². The van der Waals surface area contributed by atoms with Gasteiger partial charge in [0.25, 0.3) is 0 Å². The van der Waals surface area contributed by atoms with Gasteiger partial charge in [-0.3, -0.25) is 0 Å². The maximum atomic E-state index is 11.1. The molecule has 0 saturated heterocycles. The van der Waals surface area contributed by atoms with Crippen molar-refractivity contribution in [2.24, 2.45) is 0 Å². The third-order valence-corrected chi connectivity index (χ3v) is 2.69. The minimum Gasteiger partial charge on any atom is -0.489 e. The van der Waals surface area contributed by atoms with Gasteiger partial charge in [0.1, 0.15) is 12.4 Å². The van der Waals surface area contributed by atoms with Crippen LogP contribution in [-0.2, 0) is 0 Å². The molecule has 0 unspecified atom stereocenters. The number of hydrogen-bond donors (Lipinski definition) is 1. The van der Waals surface area contributed by atoms with Crippen LogP contribution in [0.2, 0.25) is 0 Å². The highest BCUT2D eigenvalue weighted by atomic mass is 16.5. The average molecular weight is 242 g/mol. The second kappa shape index (κ2) is 5.36. The van der Waals surface area contributed by atoms with E-state index in [2.05, 4.69) is 0 Å². The first-order valence-electron chi connectivity index (χ1n) is 5.73. The molecule has 0 aliphatic rings. The Hall–Kier alpha value is -2.29. The predicted octanol–water partition coefficient (Wildman–Crippen LogP) is 3.49. The monoisotopic (exact) mass is 242 g/mol. The van der Waals surface area contributed by atoms with Crippen molar-refractivity contribution in [3.63, 3.8) is 0 Å². The second-order valence-corrected chi connectivity index (χ2v) is 3.84. The number of ether oxygens (including phenoxy) is 1. The van der Waals surface area contributed by atoms with E-state index in [0.717, 1.165) is 5.39 Å². The zero-order chi connectivity index (χ0) is 13.0. The molecule has 0 atom stereocenters. The van der Waals surface area contributed by atoms with E-state index in [1.54, 1.807) is 18.2 Å². The normalized spacial score (nSPS) is 10.9. The zero-order valence-electron chi connectivity index (χ0n) is 10.1. The lowest BCUT2D eigenvalue weighted by Crippen LogP contribution is -2.00. The van der Waals surface area contributed by atoms with E-state index in [-0.39, 0.29) is 0 Å². The van der Waals surface area contributed by atoms with Gasteiger partial charge in [0, 0.05) is 5.39 Å². The molecule has 0 bridgehead atoms. The molecule has 0 radical (unpaired) electrons. The van der Waals surface area contributed by atoms with Gasteiger partial charge in [0.05, 0.1) is 5.56 Å². The van der Waals surface area contributed by atoms with E-state index in [1.165, 1.54) is 0 Å². The third kappa shape index (κ3) is 2.35. The molecule has 1 N–H and O–H groups in total. The Morgan fingerprint density at radius 3 is 2.61 bits per heavy atom. The molecule has 0 aliphatic carbocycles. The minimum absolute atomic E-state index is 0.295. The van der Waals surface area contributed by atoms with Crippen LogP contribution in [0.4, 0.5) is 0 Å². The molecule has 18 heavy (non-hydrogen) atoms. The number of carbonyl (C=O) groups is 1. The smallest absolute Gasteiger partial charge is 0.336 e. The van der Waals surface area contributed by atoms with Crippen LogP contribution in [0.1, 0.15) is 17.3 Å². The first-order chi connectivity index (χ1) is 8.74. The maximum Gasteiger partial charge on any atom is 0.336 e. The summed E-state index contributed by atoms with van der Waals surface area (Å²) in [6, 6.07) is 10.6. The maximum absolute atomic E-state index is 11.1. The summed E-state index contributed by atoms with van der Waals surface area (Å²) in [4.78, 5) is 11.1. The number of rotatable bonds is 4. The summed E-state index contributed by atoms with van der Waals surface area (Å²) in [5.41, 5.74) is 0.295. The summed E-state index contributed by atoms with van der Waals surface area (Å²) in [6.45, 7) is 2.40. The zero-order valence-corrected chi connectivity index (χ0v) is 10.1. The van der Waals surface area contributed by atoms with Gasteiger partial charge in [-0.15, -0.1) is 0 Å². The van der Waals surface area contributed by atoms with E-state index < -0.39 is 5.97 Å². The standard InChI is InChI=1S/C15H14O3/c1-2-3-10-18-14-9-8-13(15(16)17)11-6-4-5-7-12(11)14/h2-9H,10H2,1H3,(H,16,17)/b3-2+. The van der Waals surface area contributed by atoms with Crippen LogP contribution >= 0.6 is 0 Å². The summed E-state index contributed by atoms with van der Waals surface area (Å²) >= 11 is 0. The molecular formula is C15H14O3. The van der Waals surface area contributed by atoms with Crippen molar-refractivity contribution in [2.75, 3.05) is 6.61 Å². The van der Waals surface area contributed by atoms with Crippen molar-refractivity contribution in [2.45, 2.75) is 6.92 Å². The Labute approximate surface area is 105 Å². The number of carboxylic acids is 1. The highest BCUT2D eigenvalue weighted by molar-refractivity contribution is 6.05. The van der Waals surface area contributed by atoms with Crippen LogP contribution < -0.4 is 4.74 Å². The summed E-state index contributed by atoms with van der Waals surface area (Å²) in [6.07, 6.45) is 3.81. The lowest BCUT2D eigenvalue weighted by molar-refractivity contribution is 0.0699. The van der Waals surface area contributed by atoms with Gasteiger partial charge in [0.15, 0.2) is 0 Å². The summed E-state index contributed by atoms with van der Waals surface area (Å²) in [5.74, 6) is -0.222. The number of allylic oxidation sites excluding steroid dienone is 1. The fourth-order valence-corrected chi connectivity index (χ4v) is 1.82. The second-order valence-electron chi connectivity index (χ2n) is 3.84. The lowest BCUT2D eigenvalue weighted by atomic mass is 10.0. The van der Waals surface area contributed by atoms with Crippen molar-refractivity contribution < 1.29 is 14.6 Å². The molecular weight excluding hydrogens is 228 g/mol. The lowest BCUT2D eigenvalue weighted by Gasteiger charge is -2.09. The SMILES string of the molecule is C/C=C/COc1ccc(C(=O)O)c2ccccc12. The topological polar surface area (TPSA) is 46.5 Å². The molecule has 2 rings (SSSR count). The van der Waals surface area contributed by atoms with Crippen molar-refractivity contribution in [3.8, 4) is 5.75 Å². The van der Waals surface area contributed by atoms with E-state index >= 15 is 0 Å². The molecule has 3 nitrogen and oxygen atoms in total. The molecule has 0 saturated carbocycles. The number of benzene rings is 2. The Kier molecular flexibility index (Phi) is 3.63. The van der Waals surface area contributed by atoms with Gasteiger partial charge in [-0.25, -0.2) is 4.79 Å². The van der Waals surface area contributed by atoms with Gasteiger partial charge < -0.3 is 9.84 Å². The van der Waals surface area contributed by atoms with Gasteiger partial charge in [-0.1, -0.05) is 36.4 Å². The van der Waals surface area contributed by atoms with Crippen molar-refractivity contribution in [3.05, 3.63) is 54.1 Å². The Bertz CT molecular complexity index is 600. The third-order valence-electron chi connectivity index (χ3n) is 2.69. The molecule has 3 heteroatoms. The van der Waals surface area contributed by atoms with Crippen LogP contribution in [0.5, 0.6) is 5.75 Å². The van der Waals surface area contributed by atoms with Crippen LogP contribution in [0.3, 0.4) is 0 Å². The van der Waals surface area contributed by atoms with Crippen LogP contribution in [-0.4, -0.2) is 17.7 Å². The predicted molar refractivity (Wildman–Crippen MR) is 71.2 cm³/mol.